The molecule has 34 heavy (non-hydrogen) atoms. The molecule has 0 fully saturated rings. The lowest BCUT2D eigenvalue weighted by atomic mass is 9.75. The van der Waals surface area contributed by atoms with Gasteiger partial charge < -0.3 is 9.47 Å². The Labute approximate surface area is 193 Å². The van der Waals surface area contributed by atoms with E-state index in [0.717, 1.165) is 0 Å². The molecule has 178 valence electrons. The predicted octanol–water partition coefficient (Wildman–Crippen LogP) is 2.15. The second-order valence-corrected chi connectivity index (χ2v) is 7.27. The van der Waals surface area contributed by atoms with E-state index < -0.39 is 34.6 Å². The van der Waals surface area contributed by atoms with E-state index in [4.69, 9.17) is 9.47 Å². The fraction of sp³-hybridized carbons (Fsp3) is 0.333. The molecule has 2 N–H and O–H groups in total. The topological polar surface area (TPSA) is 179 Å². The van der Waals surface area contributed by atoms with Crippen LogP contribution in [-0.4, -0.2) is 57.4 Å². The van der Waals surface area contributed by atoms with E-state index in [-0.39, 0.29) is 29.6 Å². The normalized spacial score (nSPS) is 17.6. The molecule has 1 aromatic heterocycles. The van der Waals surface area contributed by atoms with Crippen LogP contribution in [0.2, 0.25) is 0 Å². The maximum atomic E-state index is 13.3. The number of carbonyl (C=O) groups is 3. The number of rotatable bonds is 7. The lowest BCUT2D eigenvalue weighted by Gasteiger charge is -2.31. The first kappa shape index (κ1) is 24.2. The van der Waals surface area contributed by atoms with Crippen LogP contribution >= 0.6 is 0 Å². The highest BCUT2D eigenvalue weighted by atomic mass is 16.6. The molecule has 0 aliphatic carbocycles. The van der Waals surface area contributed by atoms with Gasteiger partial charge in [-0.15, -0.1) is 5.10 Å². The number of benzene rings is 1. The monoisotopic (exact) mass is 470 g/mol. The Kier molecular flexibility index (Phi) is 7.14. The van der Waals surface area contributed by atoms with Crippen molar-refractivity contribution < 1.29 is 28.8 Å². The highest BCUT2D eigenvalue weighted by Gasteiger charge is 2.42. The molecule has 0 bridgehead atoms. The van der Waals surface area contributed by atoms with Crippen molar-refractivity contribution in [3.8, 4) is 0 Å². The number of carbonyl (C=O) groups excluding carboxylic acids is 3. The number of nitro groups is 1. The lowest BCUT2D eigenvalue weighted by Crippen LogP contribution is -2.37. The zero-order chi connectivity index (χ0) is 25.0. The van der Waals surface area contributed by atoms with Gasteiger partial charge in [-0.3, -0.25) is 35.1 Å². The fourth-order valence-corrected chi connectivity index (χ4v) is 3.73. The maximum absolute atomic E-state index is 13.3. The average Bonchev–Trinajstić information content (AvgIpc) is 3.26. The summed E-state index contributed by atoms with van der Waals surface area (Å²) in [5, 5.41) is 20.0. The van der Waals surface area contributed by atoms with Crippen LogP contribution in [0.15, 0.2) is 40.5 Å². The van der Waals surface area contributed by atoms with Crippen molar-refractivity contribution in [1.82, 2.24) is 15.2 Å². The summed E-state index contributed by atoms with van der Waals surface area (Å²) in [6, 6.07) is 5.65. The van der Waals surface area contributed by atoms with Gasteiger partial charge in [0.2, 0.25) is 11.8 Å². The highest BCUT2D eigenvalue weighted by Crippen LogP contribution is 2.40. The minimum absolute atomic E-state index is 0.0731. The second-order valence-electron chi connectivity index (χ2n) is 7.27. The van der Waals surface area contributed by atoms with Crippen LogP contribution in [0, 0.1) is 16.0 Å². The van der Waals surface area contributed by atoms with Gasteiger partial charge in [0.25, 0.3) is 11.6 Å². The van der Waals surface area contributed by atoms with Gasteiger partial charge in [-0.25, -0.2) is 4.79 Å². The first-order chi connectivity index (χ1) is 16.2. The van der Waals surface area contributed by atoms with Gasteiger partial charge in [0, 0.05) is 35.0 Å². The van der Waals surface area contributed by atoms with Gasteiger partial charge in [0.15, 0.2) is 0 Å². The Balaban J connectivity index is 2.04. The summed E-state index contributed by atoms with van der Waals surface area (Å²) in [7, 11) is 1.20. The molecule has 2 unspecified atom stereocenters. The molecule has 13 nitrogen and oxygen atoms in total. The van der Waals surface area contributed by atoms with Gasteiger partial charge in [0.05, 0.1) is 18.6 Å². The third-order valence-electron chi connectivity index (χ3n) is 5.15. The van der Waals surface area contributed by atoms with Crippen LogP contribution < -0.4 is 5.32 Å². The summed E-state index contributed by atoms with van der Waals surface area (Å²) in [6.07, 6.45) is 0. The van der Waals surface area contributed by atoms with Crippen molar-refractivity contribution >= 4 is 35.2 Å². The van der Waals surface area contributed by atoms with Crippen molar-refractivity contribution in [1.29, 1.82) is 0 Å². The molecule has 1 aromatic carbocycles. The first-order valence-corrected chi connectivity index (χ1v) is 10.2. The van der Waals surface area contributed by atoms with E-state index in [1.54, 1.807) is 26.8 Å². The number of allylic oxidation sites excluding steroid dienone is 1. The number of amides is 1. The number of nitrogens with one attached hydrogen (secondary N) is 2. The minimum atomic E-state index is -1.00. The van der Waals surface area contributed by atoms with Crippen LogP contribution in [0.5, 0.6) is 0 Å². The van der Waals surface area contributed by atoms with Gasteiger partial charge in [-0.05, 0) is 26.3 Å². The van der Waals surface area contributed by atoms with Gasteiger partial charge >= 0.3 is 11.9 Å². The maximum Gasteiger partial charge on any atom is 0.375 e. The molecular weight excluding hydrogens is 448 g/mol. The molecule has 1 aliphatic heterocycles. The van der Waals surface area contributed by atoms with E-state index in [0.29, 0.717) is 17.0 Å². The van der Waals surface area contributed by atoms with Crippen molar-refractivity contribution in [2.24, 2.45) is 10.9 Å². The largest absolute Gasteiger partial charge is 0.468 e. The zero-order valence-corrected chi connectivity index (χ0v) is 18.8. The molecule has 3 rings (SSSR count). The molecule has 2 aromatic rings. The summed E-state index contributed by atoms with van der Waals surface area (Å²) in [4.78, 5) is 56.8. The quantitative estimate of drug-likeness (QED) is 0.348. The number of aromatic amines is 1. The van der Waals surface area contributed by atoms with E-state index in [2.05, 4.69) is 25.5 Å². The molecule has 0 saturated heterocycles. The number of non-ortho nitro benzene ring substituents is 1. The number of esters is 2. The number of aliphatic imine (C=N–C) groups is 1. The molecule has 13 heteroatoms. The molecule has 1 amide bonds. The van der Waals surface area contributed by atoms with Crippen LogP contribution in [0.4, 0.5) is 11.6 Å². The third kappa shape index (κ3) is 4.82. The van der Waals surface area contributed by atoms with Gasteiger partial charge in [0.1, 0.15) is 5.92 Å². The fourth-order valence-electron chi connectivity index (χ4n) is 3.73. The van der Waals surface area contributed by atoms with Gasteiger partial charge in [-0.1, -0.05) is 12.1 Å². The van der Waals surface area contributed by atoms with Crippen LogP contribution in [0.25, 0.3) is 0 Å². The number of nitrogens with zero attached hydrogens (tertiary/aromatic N) is 4. The van der Waals surface area contributed by atoms with Crippen molar-refractivity contribution in [2.75, 3.05) is 19.0 Å². The first-order valence-electron chi connectivity index (χ1n) is 10.2. The smallest absolute Gasteiger partial charge is 0.375 e. The van der Waals surface area contributed by atoms with Crippen molar-refractivity contribution in [3.05, 3.63) is 57.0 Å². The molecule has 0 spiro atoms. The number of hydrogen-bond donors (Lipinski definition) is 2. The zero-order valence-electron chi connectivity index (χ0n) is 18.8. The van der Waals surface area contributed by atoms with Crippen LogP contribution in [0.3, 0.4) is 0 Å². The minimum Gasteiger partial charge on any atom is -0.468 e. The Hall–Kier alpha value is -4.42. The summed E-state index contributed by atoms with van der Waals surface area (Å²) in [6.45, 7) is 4.96. The van der Waals surface area contributed by atoms with E-state index in [1.165, 1.54) is 25.3 Å². The summed E-state index contributed by atoms with van der Waals surface area (Å²) >= 11 is 0. The van der Waals surface area contributed by atoms with Crippen molar-refractivity contribution in [2.45, 2.75) is 26.7 Å². The second kappa shape index (κ2) is 10.0. The number of methoxy groups -OCH3 is 1. The summed E-state index contributed by atoms with van der Waals surface area (Å²) in [5.74, 6) is -4.45. The number of hydrogen-bond acceptors (Lipinski definition) is 10. The standard InChI is InChI=1S/C21H22N6O7/c1-5-34-20(30)17-23-21(26-25-17)24-18(28)14-10(2)22-11(3)15(19(29)33-4)16(14)12-7-6-8-13(9-12)27(31)32/h6-9,15-16H,5H2,1-4H3,(H2,23,24,25,26,28). The molecule has 2 heterocycles. The van der Waals surface area contributed by atoms with E-state index in [1.807, 2.05) is 0 Å². The molecule has 0 saturated carbocycles. The summed E-state index contributed by atoms with van der Waals surface area (Å²) in [5.41, 5.74) is 0.911. The van der Waals surface area contributed by atoms with Crippen LogP contribution in [0.1, 0.15) is 42.9 Å². The van der Waals surface area contributed by atoms with E-state index in [9.17, 15) is 24.5 Å². The van der Waals surface area contributed by atoms with Crippen molar-refractivity contribution in [3.63, 3.8) is 0 Å². The molecule has 0 radical (unpaired) electrons. The van der Waals surface area contributed by atoms with Crippen LogP contribution in [-0.2, 0) is 19.1 Å². The highest BCUT2D eigenvalue weighted by molar-refractivity contribution is 6.11. The Morgan fingerprint density at radius 1 is 1.26 bits per heavy atom. The average molecular weight is 470 g/mol. The van der Waals surface area contributed by atoms with E-state index >= 15 is 0 Å². The number of anilines is 1. The lowest BCUT2D eigenvalue weighted by molar-refractivity contribution is -0.384. The predicted molar refractivity (Wildman–Crippen MR) is 118 cm³/mol. The number of H-pyrrole nitrogens is 1. The number of ether oxygens (including phenoxy) is 2. The SMILES string of the molecule is CCOC(=O)c1nc(NC(=O)C2=C(C)N=C(C)C(C(=O)OC)C2c2cccc([N+](=O)[O-])c2)n[nH]1. The Morgan fingerprint density at radius 2 is 2.00 bits per heavy atom. The molecule has 2 atom stereocenters. The number of nitro benzene ring substituents is 1. The molecule has 1 aliphatic rings. The summed E-state index contributed by atoms with van der Waals surface area (Å²) < 4.78 is 9.77. The third-order valence-corrected chi connectivity index (χ3v) is 5.15. The number of aromatic nitrogens is 3. The Bertz CT molecular complexity index is 1220. The Morgan fingerprint density at radius 3 is 2.65 bits per heavy atom. The molecular formula is C21H22N6O7. The van der Waals surface area contributed by atoms with Gasteiger partial charge in [-0.2, -0.15) is 4.98 Å².